The fourth-order valence-corrected chi connectivity index (χ4v) is 5.58. The summed E-state index contributed by atoms with van der Waals surface area (Å²) in [6.07, 6.45) is 5.55. The number of aromatic nitrogens is 6. The highest BCUT2D eigenvalue weighted by Gasteiger charge is 2.17. The minimum atomic E-state index is -0.306. The van der Waals surface area contributed by atoms with Crippen molar-refractivity contribution in [2.24, 2.45) is 0 Å². The standard InChI is InChI=1S/C36H34FN9/c1-46(2)12-11-40-29-15-25(14-28(37)17-29)30-9-6-10-32-33(30)43-36(42-32)34-31-16-27(22-41-35(31)45-44-34)26-13-24(20-39-21-26)19-38-18-23-7-4-3-5-8-23/h3-10,13-17,20-22,38,40H,11-12,18-19H2,1-2H3,(H,42,43)(H,41,44,45). The van der Waals surface area contributed by atoms with E-state index in [1.165, 1.54) is 11.6 Å². The number of anilines is 1. The van der Waals surface area contributed by atoms with Gasteiger partial charge in [-0.25, -0.2) is 14.4 Å². The number of imidazole rings is 1. The largest absolute Gasteiger partial charge is 0.384 e. The van der Waals surface area contributed by atoms with E-state index >= 15 is 0 Å². The Labute approximate surface area is 266 Å². The fraction of sp³-hybridized carbons (Fsp3) is 0.167. The van der Waals surface area contributed by atoms with Crippen molar-refractivity contribution in [2.45, 2.75) is 13.1 Å². The van der Waals surface area contributed by atoms with Gasteiger partial charge in [0.2, 0.25) is 0 Å². The normalized spacial score (nSPS) is 11.6. The molecule has 0 aliphatic heterocycles. The number of benzene rings is 3. The van der Waals surface area contributed by atoms with Crippen LogP contribution in [0.3, 0.4) is 0 Å². The lowest BCUT2D eigenvalue weighted by atomic mass is 10.0. The zero-order valence-electron chi connectivity index (χ0n) is 25.7. The molecule has 0 saturated carbocycles. The zero-order chi connectivity index (χ0) is 31.5. The maximum atomic E-state index is 14.7. The van der Waals surface area contributed by atoms with Gasteiger partial charge in [-0.05, 0) is 67.2 Å². The molecule has 0 fully saturated rings. The first kappa shape index (κ1) is 29.3. The van der Waals surface area contributed by atoms with Gasteiger partial charge in [0.05, 0.1) is 16.4 Å². The quantitative estimate of drug-likeness (QED) is 0.130. The average Bonchev–Trinajstić information content (AvgIpc) is 3.69. The third-order valence-electron chi connectivity index (χ3n) is 7.88. The molecule has 9 nitrogen and oxygen atoms in total. The van der Waals surface area contributed by atoms with E-state index in [2.05, 4.69) is 64.9 Å². The maximum absolute atomic E-state index is 14.7. The summed E-state index contributed by atoms with van der Waals surface area (Å²) in [7, 11) is 4.02. The van der Waals surface area contributed by atoms with Crippen LogP contribution in [0.15, 0.2) is 97.5 Å². The van der Waals surface area contributed by atoms with Crippen LogP contribution in [-0.4, -0.2) is 62.2 Å². The summed E-state index contributed by atoms with van der Waals surface area (Å²) in [6.45, 7) is 3.03. The van der Waals surface area contributed by atoms with Crippen LogP contribution in [0, 0.1) is 5.82 Å². The Morgan fingerprint density at radius 3 is 2.54 bits per heavy atom. The van der Waals surface area contributed by atoms with Gasteiger partial charge in [0, 0.05) is 67.1 Å². The van der Waals surface area contributed by atoms with Gasteiger partial charge >= 0.3 is 0 Å². The van der Waals surface area contributed by atoms with Crippen molar-refractivity contribution in [3.63, 3.8) is 0 Å². The SMILES string of the molecule is CN(C)CCNc1cc(F)cc(-c2cccc3[nH]c(-c4n[nH]c5ncc(-c6cncc(CNCc7ccccc7)c6)cc45)nc23)c1. The van der Waals surface area contributed by atoms with E-state index in [-0.39, 0.29) is 5.82 Å². The van der Waals surface area contributed by atoms with E-state index < -0.39 is 0 Å². The van der Waals surface area contributed by atoms with Gasteiger partial charge in [-0.1, -0.05) is 42.5 Å². The van der Waals surface area contributed by atoms with Crippen molar-refractivity contribution in [2.75, 3.05) is 32.5 Å². The molecule has 0 saturated heterocycles. The second kappa shape index (κ2) is 12.9. The molecule has 3 aromatic carbocycles. The molecule has 7 rings (SSSR count). The summed E-state index contributed by atoms with van der Waals surface area (Å²) in [5.74, 6) is 0.297. The fourth-order valence-electron chi connectivity index (χ4n) is 5.58. The van der Waals surface area contributed by atoms with Crippen LogP contribution in [0.2, 0.25) is 0 Å². The molecule has 0 atom stereocenters. The number of hydrogen-bond donors (Lipinski definition) is 4. The van der Waals surface area contributed by atoms with Gasteiger partial charge in [-0.15, -0.1) is 0 Å². The molecule has 0 bridgehead atoms. The number of aromatic amines is 2. The molecule has 0 aliphatic carbocycles. The highest BCUT2D eigenvalue weighted by molar-refractivity contribution is 5.97. The van der Waals surface area contributed by atoms with Gasteiger partial charge in [0.25, 0.3) is 0 Å². The van der Waals surface area contributed by atoms with Crippen molar-refractivity contribution >= 4 is 27.8 Å². The Kier molecular flexibility index (Phi) is 8.20. The first-order valence-electron chi connectivity index (χ1n) is 15.2. The van der Waals surface area contributed by atoms with Crippen LogP contribution >= 0.6 is 0 Å². The second-order valence-corrected chi connectivity index (χ2v) is 11.6. The van der Waals surface area contributed by atoms with Crippen LogP contribution in [0.25, 0.3) is 55.8 Å². The van der Waals surface area contributed by atoms with Gasteiger partial charge < -0.3 is 20.5 Å². The summed E-state index contributed by atoms with van der Waals surface area (Å²) >= 11 is 0. The third kappa shape index (κ3) is 6.35. The molecular formula is C36H34FN9. The first-order chi connectivity index (χ1) is 22.5. The van der Waals surface area contributed by atoms with Crippen LogP contribution in [0.5, 0.6) is 0 Å². The van der Waals surface area contributed by atoms with E-state index in [0.29, 0.717) is 30.3 Å². The lowest BCUT2D eigenvalue weighted by Crippen LogP contribution is -2.20. The summed E-state index contributed by atoms with van der Waals surface area (Å²) in [5, 5.41) is 15.3. The number of nitrogens with one attached hydrogen (secondary N) is 4. The number of halogens is 1. The number of hydrogen-bond acceptors (Lipinski definition) is 7. The Morgan fingerprint density at radius 1 is 0.826 bits per heavy atom. The topological polar surface area (TPSA) is 110 Å². The molecule has 0 spiro atoms. The molecule has 0 unspecified atom stereocenters. The second-order valence-electron chi connectivity index (χ2n) is 11.6. The lowest BCUT2D eigenvalue weighted by molar-refractivity contribution is 0.425. The van der Waals surface area contributed by atoms with Crippen molar-refractivity contribution in [1.29, 1.82) is 0 Å². The number of pyridine rings is 2. The molecule has 7 aromatic rings. The monoisotopic (exact) mass is 611 g/mol. The van der Waals surface area contributed by atoms with E-state index in [4.69, 9.17) is 4.98 Å². The molecular weight excluding hydrogens is 577 g/mol. The Bertz CT molecular complexity index is 2120. The van der Waals surface area contributed by atoms with Crippen molar-refractivity contribution < 1.29 is 4.39 Å². The minimum Gasteiger partial charge on any atom is -0.384 e. The highest BCUT2D eigenvalue weighted by Crippen LogP contribution is 2.34. The van der Waals surface area contributed by atoms with Crippen LogP contribution in [0.1, 0.15) is 11.1 Å². The Morgan fingerprint density at radius 2 is 1.67 bits per heavy atom. The number of fused-ring (bicyclic) bond motifs is 2. The maximum Gasteiger partial charge on any atom is 0.159 e. The van der Waals surface area contributed by atoms with Crippen molar-refractivity contribution in [3.05, 3.63) is 114 Å². The number of nitrogens with zero attached hydrogens (tertiary/aromatic N) is 5. The molecule has 230 valence electrons. The summed E-state index contributed by atoms with van der Waals surface area (Å²) in [6, 6.07) is 25.4. The number of H-pyrrole nitrogens is 2. The first-order valence-corrected chi connectivity index (χ1v) is 15.2. The van der Waals surface area contributed by atoms with Gasteiger partial charge in [-0.2, -0.15) is 5.10 Å². The summed E-state index contributed by atoms with van der Waals surface area (Å²) in [5.41, 5.74) is 9.41. The van der Waals surface area contributed by atoms with E-state index in [0.717, 1.165) is 63.0 Å². The molecule has 0 aliphatic rings. The van der Waals surface area contributed by atoms with Crippen LogP contribution < -0.4 is 10.6 Å². The molecule has 4 heterocycles. The van der Waals surface area contributed by atoms with Crippen LogP contribution in [-0.2, 0) is 13.1 Å². The van der Waals surface area contributed by atoms with Crippen molar-refractivity contribution in [1.82, 2.24) is 40.3 Å². The highest BCUT2D eigenvalue weighted by atomic mass is 19.1. The third-order valence-corrected chi connectivity index (χ3v) is 7.88. The van der Waals surface area contributed by atoms with E-state index in [1.54, 1.807) is 6.07 Å². The Balaban J connectivity index is 1.17. The van der Waals surface area contributed by atoms with Gasteiger partial charge in [0.1, 0.15) is 11.5 Å². The number of para-hydroxylation sites is 1. The Hall–Kier alpha value is -5.45. The zero-order valence-corrected chi connectivity index (χ0v) is 25.7. The molecule has 0 radical (unpaired) electrons. The average molecular weight is 612 g/mol. The predicted molar refractivity (Wildman–Crippen MR) is 182 cm³/mol. The lowest BCUT2D eigenvalue weighted by Gasteiger charge is -2.13. The minimum absolute atomic E-state index is 0.306. The molecule has 4 N–H and O–H groups in total. The molecule has 46 heavy (non-hydrogen) atoms. The smallest absolute Gasteiger partial charge is 0.159 e. The van der Waals surface area contributed by atoms with Gasteiger partial charge in [0.15, 0.2) is 11.5 Å². The molecule has 10 heteroatoms. The number of likely N-dealkylation sites (N-methyl/N-ethyl adjacent to an activating group) is 1. The van der Waals surface area contributed by atoms with Crippen LogP contribution in [0.4, 0.5) is 10.1 Å². The van der Waals surface area contributed by atoms with E-state index in [1.807, 2.05) is 75.2 Å². The molecule has 0 amide bonds. The summed E-state index contributed by atoms with van der Waals surface area (Å²) < 4.78 is 14.7. The predicted octanol–water partition coefficient (Wildman–Crippen LogP) is 6.63. The summed E-state index contributed by atoms with van der Waals surface area (Å²) in [4.78, 5) is 19.6. The molecule has 4 aromatic heterocycles. The number of rotatable bonds is 11. The van der Waals surface area contributed by atoms with Crippen molar-refractivity contribution in [3.8, 4) is 33.8 Å². The van der Waals surface area contributed by atoms with E-state index in [9.17, 15) is 4.39 Å². The van der Waals surface area contributed by atoms with Gasteiger partial charge in [-0.3, -0.25) is 10.1 Å².